The second-order valence-electron chi connectivity index (χ2n) is 3.84. The number of aryl methyl sites for hydroxylation is 1. The van der Waals surface area contributed by atoms with Gasteiger partial charge < -0.3 is 4.74 Å². The first kappa shape index (κ1) is 13.3. The highest BCUT2D eigenvalue weighted by Crippen LogP contribution is 2.10. The summed E-state index contributed by atoms with van der Waals surface area (Å²) in [5, 5.41) is 2.70. The molecule has 0 radical (unpaired) electrons. The largest absolute Gasteiger partial charge is 0.444 e. The number of halogens is 1. The molecule has 19 heavy (non-hydrogen) atoms. The average molecular weight is 278 g/mol. The number of aromatic nitrogens is 2. The van der Waals surface area contributed by atoms with Gasteiger partial charge in [0.15, 0.2) is 0 Å². The van der Waals surface area contributed by atoms with Crippen molar-refractivity contribution in [2.45, 2.75) is 13.5 Å². The maximum absolute atomic E-state index is 11.6. The lowest BCUT2D eigenvalue weighted by molar-refractivity contribution is 0.155. The van der Waals surface area contributed by atoms with Gasteiger partial charge in [0.2, 0.25) is 5.95 Å². The Labute approximate surface area is 115 Å². The minimum Gasteiger partial charge on any atom is -0.444 e. The molecule has 1 amide bonds. The molecule has 6 heteroatoms. The Kier molecular flexibility index (Phi) is 4.30. The van der Waals surface area contributed by atoms with E-state index in [9.17, 15) is 4.79 Å². The lowest BCUT2D eigenvalue weighted by Gasteiger charge is -2.06. The van der Waals surface area contributed by atoms with Crippen LogP contribution in [0.3, 0.4) is 0 Å². The standard InChI is InChI=1S/C13H12ClN3O2/c1-9-7-11(14)16-12(15-9)17-13(18)19-8-10-5-3-2-4-6-10/h2-7H,8H2,1H3,(H,15,16,17,18). The van der Waals surface area contributed by atoms with E-state index in [1.54, 1.807) is 13.0 Å². The predicted octanol–water partition coefficient (Wildman–Crippen LogP) is 3.19. The number of ether oxygens (including phenoxy) is 1. The van der Waals surface area contributed by atoms with Crippen molar-refractivity contribution in [1.82, 2.24) is 9.97 Å². The van der Waals surface area contributed by atoms with Crippen LogP contribution in [-0.4, -0.2) is 16.1 Å². The molecule has 0 saturated carbocycles. The predicted molar refractivity (Wildman–Crippen MR) is 72.0 cm³/mol. The second-order valence-corrected chi connectivity index (χ2v) is 4.23. The van der Waals surface area contributed by atoms with E-state index in [2.05, 4.69) is 15.3 Å². The highest BCUT2D eigenvalue weighted by Gasteiger charge is 2.07. The first-order valence-corrected chi connectivity index (χ1v) is 6.00. The summed E-state index contributed by atoms with van der Waals surface area (Å²) in [7, 11) is 0. The number of carbonyl (C=O) groups is 1. The molecule has 0 spiro atoms. The highest BCUT2D eigenvalue weighted by atomic mass is 35.5. The summed E-state index contributed by atoms with van der Waals surface area (Å²) in [6.45, 7) is 1.94. The molecule has 1 heterocycles. The molecule has 0 aliphatic rings. The first-order valence-electron chi connectivity index (χ1n) is 5.62. The fraction of sp³-hybridized carbons (Fsp3) is 0.154. The van der Waals surface area contributed by atoms with E-state index in [1.165, 1.54) is 0 Å². The Balaban J connectivity index is 1.91. The molecule has 5 nitrogen and oxygen atoms in total. The van der Waals surface area contributed by atoms with Crippen LogP contribution in [0.2, 0.25) is 5.15 Å². The molecule has 1 aromatic heterocycles. The summed E-state index contributed by atoms with van der Waals surface area (Å²) < 4.78 is 5.04. The maximum Gasteiger partial charge on any atom is 0.414 e. The molecular weight excluding hydrogens is 266 g/mol. The minimum atomic E-state index is -0.620. The molecule has 0 unspecified atom stereocenters. The Bertz CT molecular complexity index is 555. The van der Waals surface area contributed by atoms with Gasteiger partial charge in [0, 0.05) is 5.69 Å². The molecule has 0 bridgehead atoms. The summed E-state index contributed by atoms with van der Waals surface area (Å²) in [6.07, 6.45) is -0.620. The quantitative estimate of drug-likeness (QED) is 0.875. The molecule has 0 aliphatic heterocycles. The normalized spacial score (nSPS) is 10.0. The van der Waals surface area contributed by atoms with Gasteiger partial charge in [0.05, 0.1) is 0 Å². The van der Waals surface area contributed by atoms with Crippen molar-refractivity contribution < 1.29 is 9.53 Å². The van der Waals surface area contributed by atoms with Crippen molar-refractivity contribution in [2.75, 3.05) is 5.32 Å². The van der Waals surface area contributed by atoms with E-state index in [4.69, 9.17) is 16.3 Å². The van der Waals surface area contributed by atoms with Gasteiger partial charge in [-0.15, -0.1) is 0 Å². The fourth-order valence-corrected chi connectivity index (χ4v) is 1.67. The zero-order chi connectivity index (χ0) is 13.7. The highest BCUT2D eigenvalue weighted by molar-refractivity contribution is 6.29. The van der Waals surface area contributed by atoms with E-state index < -0.39 is 6.09 Å². The summed E-state index contributed by atoms with van der Waals surface area (Å²) in [4.78, 5) is 19.4. The smallest absolute Gasteiger partial charge is 0.414 e. The van der Waals surface area contributed by atoms with Gasteiger partial charge >= 0.3 is 6.09 Å². The molecule has 98 valence electrons. The van der Waals surface area contributed by atoms with Gasteiger partial charge in [0.25, 0.3) is 0 Å². The minimum absolute atomic E-state index is 0.128. The third kappa shape index (κ3) is 4.22. The molecule has 2 aromatic rings. The van der Waals surface area contributed by atoms with Crippen molar-refractivity contribution in [3.8, 4) is 0 Å². The molecule has 0 fully saturated rings. The number of anilines is 1. The van der Waals surface area contributed by atoms with Crippen LogP contribution in [-0.2, 0) is 11.3 Å². The van der Waals surface area contributed by atoms with Gasteiger partial charge in [-0.1, -0.05) is 41.9 Å². The van der Waals surface area contributed by atoms with Crippen LogP contribution < -0.4 is 5.32 Å². The van der Waals surface area contributed by atoms with Crippen molar-refractivity contribution in [1.29, 1.82) is 0 Å². The Morgan fingerprint density at radius 1 is 1.32 bits per heavy atom. The Morgan fingerprint density at radius 2 is 2.05 bits per heavy atom. The maximum atomic E-state index is 11.6. The van der Waals surface area contributed by atoms with Gasteiger partial charge in [0.1, 0.15) is 11.8 Å². The lowest BCUT2D eigenvalue weighted by atomic mass is 10.2. The third-order valence-electron chi connectivity index (χ3n) is 2.25. The van der Waals surface area contributed by atoms with Crippen LogP contribution >= 0.6 is 11.6 Å². The zero-order valence-corrected chi connectivity index (χ0v) is 11.0. The Morgan fingerprint density at radius 3 is 2.74 bits per heavy atom. The van der Waals surface area contributed by atoms with E-state index in [0.29, 0.717) is 5.69 Å². The SMILES string of the molecule is Cc1cc(Cl)nc(NC(=O)OCc2ccccc2)n1. The van der Waals surface area contributed by atoms with Gasteiger partial charge in [-0.25, -0.2) is 14.8 Å². The molecular formula is C13H12ClN3O2. The van der Waals surface area contributed by atoms with Crippen molar-refractivity contribution in [3.63, 3.8) is 0 Å². The molecule has 0 aliphatic carbocycles. The van der Waals surface area contributed by atoms with Crippen LogP contribution in [0.1, 0.15) is 11.3 Å². The lowest BCUT2D eigenvalue weighted by Crippen LogP contribution is -2.15. The van der Waals surface area contributed by atoms with Crippen LogP contribution in [0.4, 0.5) is 10.7 Å². The Hall–Kier alpha value is -2.14. The monoisotopic (exact) mass is 277 g/mol. The first-order chi connectivity index (χ1) is 9.13. The van der Waals surface area contributed by atoms with Crippen LogP contribution in [0.15, 0.2) is 36.4 Å². The van der Waals surface area contributed by atoms with Crippen molar-refractivity contribution in [3.05, 3.63) is 52.8 Å². The average Bonchev–Trinajstić information content (AvgIpc) is 2.36. The summed E-state index contributed by atoms with van der Waals surface area (Å²) in [6, 6.07) is 11.0. The molecule has 1 N–H and O–H groups in total. The number of nitrogens with zero attached hydrogens (tertiary/aromatic N) is 2. The number of hydrogen-bond donors (Lipinski definition) is 1. The van der Waals surface area contributed by atoms with Crippen LogP contribution in [0.25, 0.3) is 0 Å². The number of hydrogen-bond acceptors (Lipinski definition) is 4. The molecule has 2 rings (SSSR count). The molecule has 0 saturated heterocycles. The number of amides is 1. The number of benzene rings is 1. The number of carbonyl (C=O) groups excluding carboxylic acids is 1. The molecule has 0 atom stereocenters. The number of nitrogens with one attached hydrogen (secondary N) is 1. The van der Waals surface area contributed by atoms with Crippen molar-refractivity contribution >= 4 is 23.6 Å². The summed E-state index contributed by atoms with van der Waals surface area (Å²) in [5.74, 6) is 0.128. The van der Waals surface area contributed by atoms with E-state index in [1.807, 2.05) is 30.3 Å². The topological polar surface area (TPSA) is 64.1 Å². The molecule has 1 aromatic carbocycles. The van der Waals surface area contributed by atoms with Crippen molar-refractivity contribution in [2.24, 2.45) is 0 Å². The zero-order valence-electron chi connectivity index (χ0n) is 10.3. The summed E-state index contributed by atoms with van der Waals surface area (Å²) >= 11 is 5.76. The third-order valence-corrected chi connectivity index (χ3v) is 2.44. The van der Waals surface area contributed by atoms with E-state index in [0.717, 1.165) is 5.56 Å². The van der Waals surface area contributed by atoms with Gasteiger partial charge in [-0.2, -0.15) is 0 Å². The second kappa shape index (κ2) is 6.15. The fourth-order valence-electron chi connectivity index (χ4n) is 1.44. The van der Waals surface area contributed by atoms with Crippen LogP contribution in [0.5, 0.6) is 0 Å². The summed E-state index contributed by atoms with van der Waals surface area (Å²) in [5.41, 5.74) is 1.57. The van der Waals surface area contributed by atoms with E-state index in [-0.39, 0.29) is 17.7 Å². The van der Waals surface area contributed by atoms with Crippen LogP contribution in [0, 0.1) is 6.92 Å². The van der Waals surface area contributed by atoms with Gasteiger partial charge in [-0.3, -0.25) is 5.32 Å². The van der Waals surface area contributed by atoms with Gasteiger partial charge in [-0.05, 0) is 18.6 Å². The number of rotatable bonds is 3. The van der Waals surface area contributed by atoms with E-state index >= 15 is 0 Å².